The molecule has 0 spiro atoms. The van der Waals surface area contributed by atoms with Crippen LogP contribution in [0, 0.1) is 5.41 Å². The van der Waals surface area contributed by atoms with Crippen LogP contribution in [-0.4, -0.2) is 32.1 Å². The minimum Gasteiger partial charge on any atom is -0.314 e. The fourth-order valence-electron chi connectivity index (χ4n) is 1.60. The first kappa shape index (κ1) is 13.7. The summed E-state index contributed by atoms with van der Waals surface area (Å²) in [6.07, 6.45) is 0. The smallest absolute Gasteiger partial charge is 0.0561 e. The van der Waals surface area contributed by atoms with Crippen LogP contribution < -0.4 is 5.32 Å². The summed E-state index contributed by atoms with van der Waals surface area (Å²) in [6, 6.07) is 4.83. The highest BCUT2D eigenvalue weighted by Crippen LogP contribution is 2.22. The number of hydrogen-bond donors (Lipinski definition) is 1. The van der Waals surface area contributed by atoms with Crippen molar-refractivity contribution in [1.29, 1.82) is 0 Å². The number of likely N-dealkylation sites (N-methyl/N-ethyl adjacent to an activating group) is 1. The molecule has 1 N–H and O–H groups in total. The van der Waals surface area contributed by atoms with Crippen LogP contribution in [0.4, 0.5) is 0 Å². The molecule has 0 saturated carbocycles. The molecule has 1 aromatic heterocycles. The van der Waals surface area contributed by atoms with E-state index < -0.39 is 0 Å². The van der Waals surface area contributed by atoms with Crippen molar-refractivity contribution in [3.05, 3.63) is 22.4 Å². The highest BCUT2D eigenvalue weighted by Gasteiger charge is 2.16. The van der Waals surface area contributed by atoms with Gasteiger partial charge in [0, 0.05) is 18.0 Å². The molecule has 0 radical (unpaired) electrons. The van der Waals surface area contributed by atoms with Crippen molar-refractivity contribution >= 4 is 11.3 Å². The van der Waals surface area contributed by atoms with E-state index >= 15 is 0 Å². The van der Waals surface area contributed by atoms with Gasteiger partial charge in [-0.25, -0.2) is 0 Å². The van der Waals surface area contributed by atoms with E-state index in [1.807, 2.05) is 11.3 Å². The first-order chi connectivity index (χ1) is 7.40. The molecular weight excluding hydrogens is 216 g/mol. The van der Waals surface area contributed by atoms with E-state index in [-0.39, 0.29) is 0 Å². The lowest BCUT2D eigenvalue weighted by atomic mass is 9.97. The molecule has 0 fully saturated rings. The molecule has 1 rings (SSSR count). The molecule has 2 nitrogen and oxygen atoms in total. The second kappa shape index (κ2) is 5.80. The van der Waals surface area contributed by atoms with E-state index in [0.717, 1.165) is 13.1 Å². The van der Waals surface area contributed by atoms with E-state index in [4.69, 9.17) is 0 Å². The minimum absolute atomic E-state index is 0.353. The number of nitrogens with one attached hydrogen (secondary N) is 1. The normalized spacial score (nSPS) is 14.4. The standard InChI is InChI=1S/C13H24N2S/c1-13(2,3)10-14-9-11(15(4)5)12-7-6-8-16-12/h6-8,11,14H,9-10H2,1-5H3. The summed E-state index contributed by atoms with van der Waals surface area (Å²) in [5, 5.41) is 5.71. The fraction of sp³-hybridized carbons (Fsp3) is 0.692. The molecule has 0 aliphatic rings. The quantitative estimate of drug-likeness (QED) is 0.851. The van der Waals surface area contributed by atoms with Crippen LogP contribution in [0.2, 0.25) is 0 Å². The fourth-order valence-corrected chi connectivity index (χ4v) is 2.53. The zero-order valence-corrected chi connectivity index (χ0v) is 11.9. The lowest BCUT2D eigenvalue weighted by molar-refractivity contribution is 0.276. The Morgan fingerprint density at radius 1 is 1.38 bits per heavy atom. The summed E-state index contributed by atoms with van der Waals surface area (Å²) in [5.74, 6) is 0. The molecule has 0 amide bonds. The van der Waals surface area contributed by atoms with Gasteiger partial charge in [0.1, 0.15) is 0 Å². The molecule has 0 saturated heterocycles. The Bertz CT molecular complexity index is 285. The lowest BCUT2D eigenvalue weighted by Gasteiger charge is -2.26. The molecule has 1 aromatic rings. The summed E-state index contributed by atoms with van der Waals surface area (Å²) in [5.41, 5.74) is 0.353. The summed E-state index contributed by atoms with van der Waals surface area (Å²) in [6.45, 7) is 8.86. The van der Waals surface area contributed by atoms with Gasteiger partial charge in [0.15, 0.2) is 0 Å². The lowest BCUT2D eigenvalue weighted by Crippen LogP contribution is -2.35. The van der Waals surface area contributed by atoms with Crippen LogP contribution in [0.3, 0.4) is 0 Å². The maximum absolute atomic E-state index is 3.56. The van der Waals surface area contributed by atoms with Crippen LogP contribution >= 0.6 is 11.3 Å². The molecule has 0 bridgehead atoms. The van der Waals surface area contributed by atoms with Crippen molar-refractivity contribution in [1.82, 2.24) is 10.2 Å². The zero-order chi connectivity index (χ0) is 12.2. The van der Waals surface area contributed by atoms with E-state index in [2.05, 4.69) is 62.6 Å². The Kier molecular flexibility index (Phi) is 4.96. The van der Waals surface area contributed by atoms with Gasteiger partial charge in [-0.1, -0.05) is 26.8 Å². The zero-order valence-electron chi connectivity index (χ0n) is 11.1. The highest BCUT2D eigenvalue weighted by molar-refractivity contribution is 7.10. The average Bonchev–Trinajstić information content (AvgIpc) is 2.62. The third-order valence-electron chi connectivity index (χ3n) is 2.49. The van der Waals surface area contributed by atoms with Crippen molar-refractivity contribution in [2.75, 3.05) is 27.2 Å². The van der Waals surface area contributed by atoms with Gasteiger partial charge in [-0.2, -0.15) is 0 Å². The maximum atomic E-state index is 3.56. The SMILES string of the molecule is CN(C)C(CNCC(C)(C)C)c1cccs1. The third-order valence-corrected chi connectivity index (χ3v) is 3.46. The van der Waals surface area contributed by atoms with Gasteiger partial charge >= 0.3 is 0 Å². The second-order valence-electron chi connectivity index (χ2n) is 5.69. The number of rotatable bonds is 5. The predicted octanol–water partition coefficient (Wildman–Crippen LogP) is 2.99. The van der Waals surface area contributed by atoms with E-state index in [9.17, 15) is 0 Å². The summed E-state index contributed by atoms with van der Waals surface area (Å²) in [4.78, 5) is 3.72. The molecule has 0 aromatic carbocycles. The van der Waals surface area contributed by atoms with Crippen molar-refractivity contribution in [2.45, 2.75) is 26.8 Å². The van der Waals surface area contributed by atoms with Crippen molar-refractivity contribution in [3.63, 3.8) is 0 Å². The van der Waals surface area contributed by atoms with Crippen LogP contribution in [0.5, 0.6) is 0 Å². The van der Waals surface area contributed by atoms with Crippen LogP contribution in [0.25, 0.3) is 0 Å². The molecule has 3 heteroatoms. The average molecular weight is 240 g/mol. The molecule has 0 aliphatic carbocycles. The van der Waals surface area contributed by atoms with Crippen molar-refractivity contribution in [3.8, 4) is 0 Å². The van der Waals surface area contributed by atoms with Gasteiger partial charge in [0.25, 0.3) is 0 Å². The monoisotopic (exact) mass is 240 g/mol. The van der Waals surface area contributed by atoms with Crippen molar-refractivity contribution in [2.24, 2.45) is 5.41 Å². The number of hydrogen-bond acceptors (Lipinski definition) is 3. The Morgan fingerprint density at radius 3 is 2.50 bits per heavy atom. The topological polar surface area (TPSA) is 15.3 Å². The summed E-state index contributed by atoms with van der Waals surface area (Å²) < 4.78 is 0. The Morgan fingerprint density at radius 2 is 2.06 bits per heavy atom. The van der Waals surface area contributed by atoms with Crippen LogP contribution in [0.15, 0.2) is 17.5 Å². The van der Waals surface area contributed by atoms with E-state index in [1.54, 1.807) is 0 Å². The van der Waals surface area contributed by atoms with Gasteiger partial charge in [0.05, 0.1) is 6.04 Å². The molecule has 16 heavy (non-hydrogen) atoms. The van der Waals surface area contributed by atoms with Gasteiger partial charge in [-0.3, -0.25) is 0 Å². The highest BCUT2D eigenvalue weighted by atomic mass is 32.1. The minimum atomic E-state index is 0.353. The number of thiophene rings is 1. The van der Waals surface area contributed by atoms with Gasteiger partial charge in [-0.15, -0.1) is 11.3 Å². The molecule has 1 unspecified atom stereocenters. The Labute approximate surface area is 104 Å². The second-order valence-corrected chi connectivity index (χ2v) is 6.67. The summed E-state index contributed by atoms with van der Waals surface area (Å²) in [7, 11) is 4.28. The van der Waals surface area contributed by atoms with Gasteiger partial charge in [-0.05, 0) is 31.0 Å². The van der Waals surface area contributed by atoms with Crippen LogP contribution in [0.1, 0.15) is 31.7 Å². The van der Waals surface area contributed by atoms with Gasteiger partial charge < -0.3 is 10.2 Å². The Hall–Kier alpha value is -0.380. The molecule has 1 atom stereocenters. The maximum Gasteiger partial charge on any atom is 0.0561 e. The molecule has 92 valence electrons. The van der Waals surface area contributed by atoms with E-state index in [0.29, 0.717) is 11.5 Å². The first-order valence-electron chi connectivity index (χ1n) is 5.81. The third kappa shape index (κ3) is 4.64. The first-order valence-corrected chi connectivity index (χ1v) is 6.69. The van der Waals surface area contributed by atoms with Crippen LogP contribution in [-0.2, 0) is 0 Å². The largest absolute Gasteiger partial charge is 0.314 e. The molecular formula is C13H24N2S. The molecule has 1 heterocycles. The summed E-state index contributed by atoms with van der Waals surface area (Å²) >= 11 is 1.84. The predicted molar refractivity (Wildman–Crippen MR) is 73.1 cm³/mol. The van der Waals surface area contributed by atoms with Gasteiger partial charge in [0.2, 0.25) is 0 Å². The van der Waals surface area contributed by atoms with E-state index in [1.165, 1.54) is 4.88 Å². The van der Waals surface area contributed by atoms with Crippen molar-refractivity contribution < 1.29 is 0 Å². The number of nitrogens with zero attached hydrogens (tertiary/aromatic N) is 1. The Balaban J connectivity index is 2.48. The molecule has 0 aliphatic heterocycles.